The molecule has 0 bridgehead atoms. The van der Waals surface area contributed by atoms with Crippen molar-refractivity contribution in [3.05, 3.63) is 58.8 Å². The first kappa shape index (κ1) is 13.6. The van der Waals surface area contributed by atoms with Crippen LogP contribution in [0.1, 0.15) is 5.56 Å². The van der Waals surface area contributed by atoms with Gasteiger partial charge in [-0.15, -0.1) is 0 Å². The largest absolute Gasteiger partial charge is 0.502 e. The summed E-state index contributed by atoms with van der Waals surface area (Å²) in [6.07, 6.45) is 5.50. The van der Waals surface area contributed by atoms with Crippen molar-refractivity contribution in [3.8, 4) is 0 Å². The van der Waals surface area contributed by atoms with Gasteiger partial charge in [0.05, 0.1) is 0 Å². The van der Waals surface area contributed by atoms with Gasteiger partial charge >= 0.3 is 0 Å². The van der Waals surface area contributed by atoms with Crippen molar-refractivity contribution in [1.29, 1.82) is 0 Å². The average molecular weight is 320 g/mol. The molecular formula is C15H16BrN2O+. The molecule has 98 valence electrons. The van der Waals surface area contributed by atoms with E-state index in [4.69, 9.17) is 0 Å². The fourth-order valence-electron chi connectivity index (χ4n) is 1.65. The van der Waals surface area contributed by atoms with Crippen LogP contribution in [0.4, 0.5) is 5.69 Å². The molecule has 0 saturated carbocycles. The zero-order valence-electron chi connectivity index (χ0n) is 10.9. The number of halogens is 1. The zero-order valence-corrected chi connectivity index (χ0v) is 12.5. The summed E-state index contributed by atoms with van der Waals surface area (Å²) in [4.78, 5) is 2.03. The van der Waals surface area contributed by atoms with Crippen LogP contribution >= 0.6 is 15.9 Å². The van der Waals surface area contributed by atoms with Crippen molar-refractivity contribution in [1.82, 2.24) is 0 Å². The second-order valence-corrected chi connectivity index (χ2v) is 5.33. The van der Waals surface area contributed by atoms with Crippen molar-refractivity contribution in [2.24, 2.45) is 0 Å². The molecule has 0 aliphatic rings. The van der Waals surface area contributed by atoms with E-state index >= 15 is 0 Å². The van der Waals surface area contributed by atoms with E-state index in [2.05, 4.69) is 15.9 Å². The molecule has 0 radical (unpaired) electrons. The molecule has 0 spiro atoms. The molecule has 19 heavy (non-hydrogen) atoms. The maximum absolute atomic E-state index is 10.1. The molecule has 1 aromatic heterocycles. The minimum atomic E-state index is 0.232. The molecule has 0 saturated heterocycles. The molecule has 0 atom stereocenters. The van der Waals surface area contributed by atoms with E-state index in [1.54, 1.807) is 6.20 Å². The second-order valence-electron chi connectivity index (χ2n) is 4.42. The summed E-state index contributed by atoms with van der Waals surface area (Å²) in [6, 6.07) is 11.5. The summed E-state index contributed by atoms with van der Waals surface area (Å²) in [5, 5.41) is 10.1. The van der Waals surface area contributed by atoms with Crippen LogP contribution in [-0.2, 0) is 0 Å². The number of aliphatic hydroxyl groups is 1. The van der Waals surface area contributed by atoms with Crippen LogP contribution in [-0.4, -0.2) is 19.2 Å². The van der Waals surface area contributed by atoms with Crippen LogP contribution in [0.2, 0.25) is 0 Å². The lowest BCUT2D eigenvalue weighted by molar-refractivity contribution is -0.568. The van der Waals surface area contributed by atoms with E-state index in [-0.39, 0.29) is 5.76 Å². The Labute approximate surface area is 121 Å². The smallest absolute Gasteiger partial charge is 0.216 e. The molecule has 1 heterocycles. The number of aliphatic hydroxyl groups excluding tert-OH is 1. The van der Waals surface area contributed by atoms with Crippen LogP contribution in [0.5, 0.6) is 0 Å². The number of benzene rings is 1. The van der Waals surface area contributed by atoms with Gasteiger partial charge < -0.3 is 10.0 Å². The van der Waals surface area contributed by atoms with Gasteiger partial charge in [0.2, 0.25) is 6.20 Å². The van der Waals surface area contributed by atoms with Gasteiger partial charge in [-0.3, -0.25) is 0 Å². The van der Waals surface area contributed by atoms with E-state index in [1.165, 1.54) is 0 Å². The number of aromatic nitrogens is 1. The lowest BCUT2D eigenvalue weighted by Gasteiger charge is -2.09. The van der Waals surface area contributed by atoms with Crippen molar-refractivity contribution in [3.63, 3.8) is 0 Å². The number of anilines is 1. The van der Waals surface area contributed by atoms with Crippen LogP contribution in [0.3, 0.4) is 0 Å². The van der Waals surface area contributed by atoms with E-state index < -0.39 is 0 Å². The molecule has 0 aliphatic carbocycles. The van der Waals surface area contributed by atoms with Gasteiger partial charge in [0, 0.05) is 42.0 Å². The Morgan fingerprint density at radius 2 is 1.68 bits per heavy atom. The molecule has 1 aromatic carbocycles. The normalized spacial score (nSPS) is 11.4. The summed E-state index contributed by atoms with van der Waals surface area (Å²) in [7, 11) is 3.99. The van der Waals surface area contributed by atoms with Crippen LogP contribution < -0.4 is 9.47 Å². The lowest BCUT2D eigenvalue weighted by Crippen LogP contribution is -2.25. The number of hydrogen-bond donors (Lipinski definition) is 1. The SMILES string of the molecule is CN(C)c1cc[n+](/C=C(\O)c2ccc(Br)cc2)cc1. The van der Waals surface area contributed by atoms with Crippen molar-refractivity contribution >= 4 is 33.6 Å². The second kappa shape index (κ2) is 5.89. The third-order valence-corrected chi connectivity index (χ3v) is 3.29. The maximum atomic E-state index is 10.1. The number of hydrogen-bond acceptors (Lipinski definition) is 2. The van der Waals surface area contributed by atoms with E-state index in [9.17, 15) is 5.11 Å². The Hall–Kier alpha value is -1.81. The molecule has 0 aliphatic heterocycles. The first-order valence-electron chi connectivity index (χ1n) is 5.91. The molecule has 2 aromatic rings. The number of rotatable bonds is 3. The van der Waals surface area contributed by atoms with Gasteiger partial charge in [-0.25, -0.2) is 0 Å². The highest BCUT2D eigenvalue weighted by Crippen LogP contribution is 2.15. The Kier molecular flexibility index (Phi) is 4.22. The van der Waals surface area contributed by atoms with Gasteiger partial charge in [-0.05, 0) is 24.3 Å². The molecule has 3 nitrogen and oxygen atoms in total. The van der Waals surface area contributed by atoms with Crippen LogP contribution in [0.25, 0.3) is 12.0 Å². The monoisotopic (exact) mass is 319 g/mol. The quantitative estimate of drug-likeness (QED) is 0.694. The first-order valence-corrected chi connectivity index (χ1v) is 6.70. The minimum absolute atomic E-state index is 0.232. The fraction of sp³-hybridized carbons (Fsp3) is 0.133. The summed E-state index contributed by atoms with van der Waals surface area (Å²) in [5.74, 6) is 0.232. The van der Waals surface area contributed by atoms with Gasteiger partial charge in [0.15, 0.2) is 18.2 Å². The summed E-state index contributed by atoms with van der Waals surface area (Å²) < 4.78 is 2.82. The van der Waals surface area contributed by atoms with Gasteiger partial charge in [-0.2, -0.15) is 4.57 Å². The number of pyridine rings is 1. The Balaban J connectivity index is 2.22. The highest BCUT2D eigenvalue weighted by Gasteiger charge is 2.04. The summed E-state index contributed by atoms with van der Waals surface area (Å²) >= 11 is 3.37. The third-order valence-electron chi connectivity index (χ3n) is 2.76. The van der Waals surface area contributed by atoms with Crippen molar-refractivity contribution in [2.75, 3.05) is 19.0 Å². The van der Waals surface area contributed by atoms with Crippen molar-refractivity contribution < 1.29 is 9.67 Å². The fourth-order valence-corrected chi connectivity index (χ4v) is 1.92. The average Bonchev–Trinajstić information content (AvgIpc) is 2.40. The molecule has 2 rings (SSSR count). The predicted molar refractivity (Wildman–Crippen MR) is 81.9 cm³/mol. The Morgan fingerprint density at radius 1 is 1.11 bits per heavy atom. The Morgan fingerprint density at radius 3 is 2.21 bits per heavy atom. The van der Waals surface area contributed by atoms with Gasteiger partial charge in [0.1, 0.15) is 0 Å². The van der Waals surface area contributed by atoms with E-state index in [1.807, 2.05) is 72.4 Å². The molecule has 0 unspecified atom stereocenters. The predicted octanol–water partition coefficient (Wildman–Crippen LogP) is 3.32. The molecule has 0 amide bonds. The molecule has 1 N–H and O–H groups in total. The molecule has 4 heteroatoms. The van der Waals surface area contributed by atoms with Crippen LogP contribution in [0.15, 0.2) is 53.3 Å². The van der Waals surface area contributed by atoms with Gasteiger partial charge in [0.25, 0.3) is 0 Å². The highest BCUT2D eigenvalue weighted by molar-refractivity contribution is 9.10. The first-order chi connectivity index (χ1) is 9.06. The standard InChI is InChI=1S/C15H15BrN2O/c1-17(2)14-7-9-18(10-8-14)11-15(19)12-3-5-13(16)6-4-12/h3-11H,1-2H3/p+1/b15-11-. The Bertz CT molecular complexity index is 574. The maximum Gasteiger partial charge on any atom is 0.216 e. The van der Waals surface area contributed by atoms with E-state index in [0.29, 0.717) is 0 Å². The van der Waals surface area contributed by atoms with Crippen LogP contribution in [0, 0.1) is 0 Å². The third kappa shape index (κ3) is 3.58. The zero-order chi connectivity index (χ0) is 13.8. The lowest BCUT2D eigenvalue weighted by atomic mass is 10.2. The van der Waals surface area contributed by atoms with Gasteiger partial charge in [-0.1, -0.05) is 15.9 Å². The topological polar surface area (TPSA) is 27.4 Å². The summed E-state index contributed by atoms with van der Waals surface area (Å²) in [6.45, 7) is 0. The van der Waals surface area contributed by atoms with Crippen molar-refractivity contribution in [2.45, 2.75) is 0 Å². The van der Waals surface area contributed by atoms with E-state index in [0.717, 1.165) is 15.7 Å². The molecule has 0 fully saturated rings. The molecular weight excluding hydrogens is 304 g/mol. The minimum Gasteiger partial charge on any atom is -0.502 e. The highest BCUT2D eigenvalue weighted by atomic mass is 79.9. The summed E-state index contributed by atoms with van der Waals surface area (Å²) in [5.41, 5.74) is 1.90. The number of nitrogens with zero attached hydrogens (tertiary/aromatic N) is 2.